The van der Waals surface area contributed by atoms with E-state index in [2.05, 4.69) is 13.8 Å². The van der Waals surface area contributed by atoms with Crippen molar-refractivity contribution in [1.82, 2.24) is 0 Å². The molecule has 0 spiro atoms. The molecule has 2 heteroatoms. The maximum absolute atomic E-state index is 5.57. The van der Waals surface area contributed by atoms with Crippen LogP contribution in [0.2, 0.25) is 0 Å². The molecule has 0 bridgehead atoms. The Morgan fingerprint density at radius 1 is 0.846 bits per heavy atom. The van der Waals surface area contributed by atoms with E-state index in [0.29, 0.717) is 19.0 Å². The van der Waals surface area contributed by atoms with Crippen molar-refractivity contribution in [1.29, 1.82) is 0 Å². The van der Waals surface area contributed by atoms with Gasteiger partial charge in [0.15, 0.2) is 0 Å². The van der Waals surface area contributed by atoms with Crippen molar-refractivity contribution < 1.29 is 9.47 Å². The minimum atomic E-state index is 0.493. The minimum Gasteiger partial charge on any atom is -0.352 e. The van der Waals surface area contributed by atoms with E-state index in [1.165, 1.54) is 25.7 Å². The van der Waals surface area contributed by atoms with Gasteiger partial charge in [-0.1, -0.05) is 13.8 Å². The molecular formula is C11H20O2. The van der Waals surface area contributed by atoms with Crippen LogP contribution < -0.4 is 0 Å². The molecule has 0 unspecified atom stereocenters. The highest BCUT2D eigenvalue weighted by molar-refractivity contribution is 4.77. The van der Waals surface area contributed by atoms with Crippen LogP contribution in [0.15, 0.2) is 0 Å². The van der Waals surface area contributed by atoms with Crippen molar-refractivity contribution in [3.05, 3.63) is 0 Å². The van der Waals surface area contributed by atoms with Gasteiger partial charge in [0.25, 0.3) is 0 Å². The summed E-state index contributed by atoms with van der Waals surface area (Å²) in [6, 6.07) is 0. The molecule has 2 rings (SSSR count). The fraction of sp³-hybridized carbons (Fsp3) is 1.00. The molecule has 2 aliphatic carbocycles. The van der Waals surface area contributed by atoms with Gasteiger partial charge in [-0.25, -0.2) is 0 Å². The number of hydrogen-bond acceptors (Lipinski definition) is 2. The van der Waals surface area contributed by atoms with Crippen LogP contribution in [-0.2, 0) is 9.47 Å². The molecule has 0 radical (unpaired) electrons. The van der Waals surface area contributed by atoms with Gasteiger partial charge in [0, 0.05) is 0 Å². The largest absolute Gasteiger partial charge is 0.352 e. The predicted molar refractivity (Wildman–Crippen MR) is 51.4 cm³/mol. The van der Waals surface area contributed by atoms with Crippen molar-refractivity contribution in [2.24, 2.45) is 11.8 Å². The van der Waals surface area contributed by atoms with E-state index in [0.717, 1.165) is 11.8 Å². The molecule has 0 aromatic rings. The van der Waals surface area contributed by atoms with Crippen LogP contribution >= 0.6 is 0 Å². The Morgan fingerprint density at radius 3 is 1.54 bits per heavy atom. The molecule has 2 saturated carbocycles. The topological polar surface area (TPSA) is 18.5 Å². The Hall–Kier alpha value is -0.0800. The molecule has 0 atom stereocenters. The molecule has 0 N–H and O–H groups in total. The van der Waals surface area contributed by atoms with Gasteiger partial charge in [0.1, 0.15) is 6.79 Å². The van der Waals surface area contributed by atoms with Crippen molar-refractivity contribution in [3.63, 3.8) is 0 Å². The maximum Gasteiger partial charge on any atom is 0.147 e. The fourth-order valence-electron chi connectivity index (χ4n) is 2.16. The van der Waals surface area contributed by atoms with E-state index in [4.69, 9.17) is 9.47 Å². The fourth-order valence-corrected chi connectivity index (χ4v) is 2.16. The first-order valence-corrected chi connectivity index (χ1v) is 5.47. The molecule has 2 nitrogen and oxygen atoms in total. The number of ether oxygens (including phenoxy) is 2. The smallest absolute Gasteiger partial charge is 0.147 e. The lowest BCUT2D eigenvalue weighted by molar-refractivity contribution is -0.165. The quantitative estimate of drug-likeness (QED) is 0.625. The van der Waals surface area contributed by atoms with Gasteiger partial charge in [-0.3, -0.25) is 0 Å². The number of hydrogen-bond donors (Lipinski definition) is 0. The first kappa shape index (κ1) is 9.47. The average molecular weight is 184 g/mol. The summed E-state index contributed by atoms with van der Waals surface area (Å²) in [7, 11) is 0. The van der Waals surface area contributed by atoms with Crippen LogP contribution in [0.1, 0.15) is 39.5 Å². The maximum atomic E-state index is 5.57. The third-order valence-electron chi connectivity index (χ3n) is 3.27. The Labute approximate surface area is 80.6 Å². The summed E-state index contributed by atoms with van der Waals surface area (Å²) in [5.41, 5.74) is 0. The SMILES string of the molecule is CC1CC(OCOC2CC(C)C2)C1. The van der Waals surface area contributed by atoms with Crippen molar-refractivity contribution in [2.45, 2.75) is 51.7 Å². The van der Waals surface area contributed by atoms with Gasteiger partial charge >= 0.3 is 0 Å². The average Bonchev–Trinajstić information content (AvgIpc) is 1.97. The lowest BCUT2D eigenvalue weighted by Crippen LogP contribution is -2.34. The normalized spacial score (nSPS) is 43.8. The van der Waals surface area contributed by atoms with Gasteiger partial charge in [0.05, 0.1) is 12.2 Å². The summed E-state index contributed by atoms with van der Waals surface area (Å²) >= 11 is 0. The molecule has 2 aliphatic rings. The predicted octanol–water partition coefficient (Wildman–Crippen LogP) is 2.57. The van der Waals surface area contributed by atoms with Gasteiger partial charge in [0.2, 0.25) is 0 Å². The second-order valence-corrected chi connectivity index (χ2v) is 4.85. The first-order valence-electron chi connectivity index (χ1n) is 5.47. The van der Waals surface area contributed by atoms with Crippen LogP contribution in [-0.4, -0.2) is 19.0 Å². The Morgan fingerprint density at radius 2 is 1.23 bits per heavy atom. The number of rotatable bonds is 4. The van der Waals surface area contributed by atoms with Crippen LogP contribution in [0.4, 0.5) is 0 Å². The summed E-state index contributed by atoms with van der Waals surface area (Å²) in [4.78, 5) is 0. The van der Waals surface area contributed by atoms with Crippen molar-refractivity contribution in [3.8, 4) is 0 Å². The zero-order valence-electron chi connectivity index (χ0n) is 8.66. The Balaban J connectivity index is 1.46. The highest BCUT2D eigenvalue weighted by Crippen LogP contribution is 2.31. The zero-order valence-corrected chi connectivity index (χ0v) is 8.66. The molecule has 0 aromatic carbocycles. The van der Waals surface area contributed by atoms with Gasteiger partial charge in [-0.15, -0.1) is 0 Å². The van der Waals surface area contributed by atoms with E-state index in [-0.39, 0.29) is 0 Å². The van der Waals surface area contributed by atoms with Gasteiger partial charge in [-0.05, 0) is 37.5 Å². The van der Waals surface area contributed by atoms with Crippen molar-refractivity contribution >= 4 is 0 Å². The van der Waals surface area contributed by atoms with E-state index < -0.39 is 0 Å². The van der Waals surface area contributed by atoms with Crippen LogP contribution in [0.3, 0.4) is 0 Å². The van der Waals surface area contributed by atoms with Crippen molar-refractivity contribution in [2.75, 3.05) is 6.79 Å². The molecule has 76 valence electrons. The third-order valence-corrected chi connectivity index (χ3v) is 3.27. The van der Waals surface area contributed by atoms with Crippen LogP contribution in [0.25, 0.3) is 0 Å². The third kappa shape index (κ3) is 2.44. The summed E-state index contributed by atoms with van der Waals surface area (Å²) in [6.45, 7) is 5.07. The van der Waals surface area contributed by atoms with Gasteiger partial charge in [-0.2, -0.15) is 0 Å². The monoisotopic (exact) mass is 184 g/mol. The summed E-state index contributed by atoms with van der Waals surface area (Å²) in [5, 5.41) is 0. The van der Waals surface area contributed by atoms with Crippen LogP contribution in [0.5, 0.6) is 0 Å². The minimum absolute atomic E-state index is 0.493. The summed E-state index contributed by atoms with van der Waals surface area (Å²) in [5.74, 6) is 1.74. The van der Waals surface area contributed by atoms with Gasteiger partial charge < -0.3 is 9.47 Å². The second-order valence-electron chi connectivity index (χ2n) is 4.85. The van der Waals surface area contributed by atoms with E-state index in [1.54, 1.807) is 0 Å². The lowest BCUT2D eigenvalue weighted by Gasteiger charge is -2.35. The standard InChI is InChI=1S/C11H20O2/c1-8-3-10(4-8)12-7-13-11-5-9(2)6-11/h8-11H,3-7H2,1-2H3. The van der Waals surface area contributed by atoms with E-state index >= 15 is 0 Å². The molecule has 2 fully saturated rings. The molecule has 0 aliphatic heterocycles. The summed E-state index contributed by atoms with van der Waals surface area (Å²) in [6.07, 6.45) is 5.89. The molecular weight excluding hydrogens is 164 g/mol. The highest BCUT2D eigenvalue weighted by atomic mass is 16.7. The molecule has 13 heavy (non-hydrogen) atoms. The van der Waals surface area contributed by atoms with E-state index in [1.807, 2.05) is 0 Å². The zero-order chi connectivity index (χ0) is 9.26. The highest BCUT2D eigenvalue weighted by Gasteiger charge is 2.28. The molecule has 0 aromatic heterocycles. The Kier molecular flexibility index (Phi) is 2.89. The molecule has 0 amide bonds. The molecule has 0 heterocycles. The first-order chi connectivity index (χ1) is 6.24. The van der Waals surface area contributed by atoms with Crippen LogP contribution in [0, 0.1) is 11.8 Å². The second kappa shape index (κ2) is 3.97. The van der Waals surface area contributed by atoms with E-state index in [9.17, 15) is 0 Å². The Bertz CT molecular complexity index is 139. The lowest BCUT2D eigenvalue weighted by atomic mass is 9.84. The molecule has 0 saturated heterocycles. The summed E-state index contributed by atoms with van der Waals surface area (Å²) < 4.78 is 11.1.